The Labute approximate surface area is 178 Å². The Morgan fingerprint density at radius 1 is 1.14 bits per heavy atom. The van der Waals surface area contributed by atoms with Crippen molar-refractivity contribution in [2.45, 2.75) is 38.1 Å². The van der Waals surface area contributed by atoms with E-state index in [4.69, 9.17) is 28.2 Å². The molecule has 0 N–H and O–H groups in total. The van der Waals surface area contributed by atoms with Crippen LogP contribution in [0.1, 0.15) is 37.7 Å². The van der Waals surface area contributed by atoms with Gasteiger partial charge in [-0.15, -0.1) is 0 Å². The number of thioether (sulfide) groups is 1. The van der Waals surface area contributed by atoms with Crippen LogP contribution in [0.15, 0.2) is 52.5 Å². The van der Waals surface area contributed by atoms with Gasteiger partial charge in [-0.1, -0.05) is 54.6 Å². The van der Waals surface area contributed by atoms with Gasteiger partial charge >= 0.3 is 0 Å². The molecular formula is C21H19Cl2N3OS. The molecule has 1 aliphatic heterocycles. The lowest BCUT2D eigenvalue weighted by atomic mass is 9.94. The molecule has 4 rings (SSSR count). The zero-order valence-corrected chi connectivity index (χ0v) is 17.5. The van der Waals surface area contributed by atoms with E-state index in [0.717, 1.165) is 31.2 Å². The summed E-state index contributed by atoms with van der Waals surface area (Å²) in [4.78, 5) is 24.5. The highest BCUT2D eigenvalue weighted by atomic mass is 35.5. The first-order chi connectivity index (χ1) is 13.6. The molecule has 7 heteroatoms. The van der Waals surface area contributed by atoms with Gasteiger partial charge in [-0.2, -0.15) is 0 Å². The van der Waals surface area contributed by atoms with Crippen molar-refractivity contribution in [3.05, 3.63) is 63.2 Å². The summed E-state index contributed by atoms with van der Waals surface area (Å²) in [5, 5.41) is 1.64. The Kier molecular flexibility index (Phi) is 6.04. The molecule has 28 heavy (non-hydrogen) atoms. The molecule has 2 fully saturated rings. The number of rotatable bonds is 3. The molecule has 2 aromatic rings. The quantitative estimate of drug-likeness (QED) is 0.421. The molecule has 1 aliphatic carbocycles. The van der Waals surface area contributed by atoms with Crippen LogP contribution < -0.4 is 0 Å². The Morgan fingerprint density at radius 2 is 1.96 bits per heavy atom. The number of hydrogen-bond acceptors (Lipinski definition) is 4. The van der Waals surface area contributed by atoms with Crippen LogP contribution in [-0.2, 0) is 4.79 Å². The Balaban J connectivity index is 1.72. The molecular weight excluding hydrogens is 413 g/mol. The second-order valence-electron chi connectivity index (χ2n) is 6.84. The largest absolute Gasteiger partial charge is 0.283 e. The molecule has 144 valence electrons. The first kappa shape index (κ1) is 19.5. The number of aromatic nitrogens is 1. The lowest BCUT2D eigenvalue weighted by molar-refractivity contribution is -0.124. The van der Waals surface area contributed by atoms with E-state index >= 15 is 0 Å². The second kappa shape index (κ2) is 8.68. The molecule has 0 atom stereocenters. The van der Waals surface area contributed by atoms with Gasteiger partial charge in [0.25, 0.3) is 5.91 Å². The Hall–Kier alpha value is -1.82. The lowest BCUT2D eigenvalue weighted by Gasteiger charge is -2.30. The van der Waals surface area contributed by atoms with Gasteiger partial charge in [-0.05, 0) is 60.5 Å². The SMILES string of the molecule is O=C1/C(=C/c2cccc(Cl)c2)SC(=Nc2cccnc2Cl)N1C1CCCCC1. The summed E-state index contributed by atoms with van der Waals surface area (Å²) < 4.78 is 0. The van der Waals surface area contributed by atoms with E-state index in [9.17, 15) is 4.79 Å². The van der Waals surface area contributed by atoms with Crippen molar-refractivity contribution in [1.82, 2.24) is 9.88 Å². The minimum Gasteiger partial charge on any atom is -0.283 e. The van der Waals surface area contributed by atoms with E-state index in [-0.39, 0.29) is 11.9 Å². The standard InChI is InChI=1S/C21H19Cl2N3OS/c22-15-7-4-6-14(12-15)13-18-20(27)26(16-8-2-1-3-9-16)21(28-18)25-17-10-5-11-24-19(17)23/h4-7,10-13,16H,1-3,8-9H2/b18-13-,25-21?. The number of carbonyl (C=O) groups is 1. The van der Waals surface area contributed by atoms with Crippen LogP contribution in [0.5, 0.6) is 0 Å². The van der Waals surface area contributed by atoms with Gasteiger partial charge in [0.15, 0.2) is 10.3 Å². The van der Waals surface area contributed by atoms with E-state index in [1.165, 1.54) is 18.2 Å². The van der Waals surface area contributed by atoms with Crippen LogP contribution in [0.3, 0.4) is 0 Å². The predicted octanol–water partition coefficient (Wildman–Crippen LogP) is 6.33. The normalized spacial score (nSPS) is 21.1. The molecule has 4 nitrogen and oxygen atoms in total. The lowest BCUT2D eigenvalue weighted by Crippen LogP contribution is -2.40. The van der Waals surface area contributed by atoms with Crippen molar-refractivity contribution in [2.24, 2.45) is 4.99 Å². The summed E-state index contributed by atoms with van der Waals surface area (Å²) in [6.07, 6.45) is 8.98. The van der Waals surface area contributed by atoms with Crippen LogP contribution in [-0.4, -0.2) is 27.0 Å². The summed E-state index contributed by atoms with van der Waals surface area (Å²) in [5.74, 6) is -0.00404. The van der Waals surface area contributed by atoms with Gasteiger partial charge in [0.1, 0.15) is 5.69 Å². The molecule has 0 spiro atoms. The molecule has 0 bridgehead atoms. The number of amidine groups is 1. The molecule has 2 aliphatic rings. The van der Waals surface area contributed by atoms with E-state index < -0.39 is 0 Å². The maximum Gasteiger partial charge on any atom is 0.267 e. The van der Waals surface area contributed by atoms with Gasteiger partial charge in [-0.3, -0.25) is 9.69 Å². The Morgan fingerprint density at radius 3 is 2.71 bits per heavy atom. The second-order valence-corrected chi connectivity index (χ2v) is 8.64. The highest BCUT2D eigenvalue weighted by Gasteiger charge is 2.38. The van der Waals surface area contributed by atoms with Crippen molar-refractivity contribution in [1.29, 1.82) is 0 Å². The number of amides is 1. The molecule has 0 unspecified atom stereocenters. The third kappa shape index (κ3) is 4.27. The van der Waals surface area contributed by atoms with Crippen LogP contribution in [0.25, 0.3) is 6.08 Å². The summed E-state index contributed by atoms with van der Waals surface area (Å²) in [6, 6.07) is 11.3. The van der Waals surface area contributed by atoms with Gasteiger partial charge in [0, 0.05) is 17.3 Å². The number of benzene rings is 1. The van der Waals surface area contributed by atoms with Gasteiger partial charge in [-0.25, -0.2) is 9.98 Å². The van der Waals surface area contributed by atoms with Crippen molar-refractivity contribution < 1.29 is 4.79 Å². The monoisotopic (exact) mass is 431 g/mol. The maximum absolute atomic E-state index is 13.3. The summed E-state index contributed by atoms with van der Waals surface area (Å²) >= 11 is 13.7. The average Bonchev–Trinajstić information content (AvgIpc) is 2.99. The first-order valence-corrected chi connectivity index (χ1v) is 10.9. The van der Waals surface area contributed by atoms with E-state index in [1.807, 2.05) is 41.3 Å². The fraction of sp³-hybridized carbons (Fsp3) is 0.286. The van der Waals surface area contributed by atoms with E-state index in [0.29, 0.717) is 25.9 Å². The first-order valence-electron chi connectivity index (χ1n) is 9.30. The average molecular weight is 432 g/mol. The van der Waals surface area contributed by atoms with Crippen LogP contribution >= 0.6 is 35.0 Å². The predicted molar refractivity (Wildman–Crippen MR) is 117 cm³/mol. The zero-order chi connectivity index (χ0) is 19.5. The highest BCUT2D eigenvalue weighted by Crippen LogP contribution is 2.39. The minimum atomic E-state index is -0.00404. The fourth-order valence-electron chi connectivity index (χ4n) is 3.54. The van der Waals surface area contributed by atoms with Gasteiger partial charge in [0.2, 0.25) is 0 Å². The molecule has 1 aromatic carbocycles. The fourth-order valence-corrected chi connectivity index (χ4v) is 4.95. The number of nitrogens with zero attached hydrogens (tertiary/aromatic N) is 3. The summed E-state index contributed by atoms with van der Waals surface area (Å²) in [6.45, 7) is 0. The molecule has 1 aromatic heterocycles. The summed E-state index contributed by atoms with van der Waals surface area (Å²) in [5.41, 5.74) is 1.47. The van der Waals surface area contributed by atoms with E-state index in [2.05, 4.69) is 4.98 Å². The number of carbonyl (C=O) groups excluding carboxylic acids is 1. The maximum atomic E-state index is 13.3. The molecule has 1 saturated carbocycles. The topological polar surface area (TPSA) is 45.6 Å². The molecule has 0 radical (unpaired) electrons. The third-order valence-corrected chi connectivity index (χ3v) is 6.39. The molecule has 1 saturated heterocycles. The number of pyridine rings is 1. The smallest absolute Gasteiger partial charge is 0.267 e. The van der Waals surface area contributed by atoms with Crippen LogP contribution in [0.2, 0.25) is 10.2 Å². The third-order valence-electron chi connectivity index (χ3n) is 4.88. The molecule has 1 amide bonds. The van der Waals surface area contributed by atoms with Crippen molar-refractivity contribution in [3.8, 4) is 0 Å². The zero-order valence-electron chi connectivity index (χ0n) is 15.1. The van der Waals surface area contributed by atoms with Crippen molar-refractivity contribution in [3.63, 3.8) is 0 Å². The molecule has 2 heterocycles. The number of hydrogen-bond donors (Lipinski definition) is 0. The summed E-state index contributed by atoms with van der Waals surface area (Å²) in [7, 11) is 0. The van der Waals surface area contributed by atoms with Gasteiger partial charge in [0.05, 0.1) is 4.91 Å². The van der Waals surface area contributed by atoms with Gasteiger partial charge < -0.3 is 0 Å². The van der Waals surface area contributed by atoms with Crippen molar-refractivity contribution in [2.75, 3.05) is 0 Å². The minimum absolute atomic E-state index is 0.00404. The number of aliphatic imine (C=N–C) groups is 1. The number of halogens is 2. The van der Waals surface area contributed by atoms with Crippen LogP contribution in [0.4, 0.5) is 5.69 Å². The Bertz CT molecular complexity index is 954. The van der Waals surface area contributed by atoms with Crippen molar-refractivity contribution >= 4 is 57.8 Å². The van der Waals surface area contributed by atoms with Crippen LogP contribution in [0, 0.1) is 0 Å². The highest BCUT2D eigenvalue weighted by molar-refractivity contribution is 8.18. The van der Waals surface area contributed by atoms with E-state index in [1.54, 1.807) is 12.3 Å².